The molecule has 2 aromatic heterocycles. The Labute approximate surface area is 119 Å². The van der Waals surface area contributed by atoms with Crippen molar-refractivity contribution in [3.8, 4) is 11.6 Å². The van der Waals surface area contributed by atoms with Crippen molar-refractivity contribution in [1.82, 2.24) is 25.2 Å². The van der Waals surface area contributed by atoms with Crippen LogP contribution in [0.4, 0.5) is 0 Å². The van der Waals surface area contributed by atoms with Crippen LogP contribution in [0.25, 0.3) is 11.6 Å². The van der Waals surface area contributed by atoms with E-state index in [9.17, 15) is 0 Å². The molecule has 0 aliphatic heterocycles. The van der Waals surface area contributed by atoms with E-state index in [1.54, 1.807) is 0 Å². The number of rotatable bonds is 5. The highest BCUT2D eigenvalue weighted by Crippen LogP contribution is 2.16. The first-order valence-corrected chi connectivity index (χ1v) is 6.15. The number of hydrogen-bond acceptors (Lipinski definition) is 5. The highest BCUT2D eigenvalue weighted by Gasteiger charge is 2.13. The summed E-state index contributed by atoms with van der Waals surface area (Å²) in [6.45, 7) is 6.22. The molecule has 0 aliphatic rings. The normalized spacial score (nSPS) is 12.5. The van der Waals surface area contributed by atoms with E-state index in [-0.39, 0.29) is 12.4 Å². The van der Waals surface area contributed by atoms with Crippen LogP contribution in [0, 0.1) is 0 Å². The van der Waals surface area contributed by atoms with Crippen molar-refractivity contribution >= 4 is 12.4 Å². The Kier molecular flexibility index (Phi) is 5.50. The first-order valence-electron chi connectivity index (χ1n) is 6.15. The third-order valence-corrected chi connectivity index (χ3v) is 2.81. The molecular weight excluding hydrogens is 266 g/mol. The van der Waals surface area contributed by atoms with Crippen LogP contribution in [0.2, 0.25) is 0 Å². The average Bonchev–Trinajstić information content (AvgIpc) is 2.96. The number of aromatic nitrogens is 4. The van der Waals surface area contributed by atoms with Gasteiger partial charge in [0.2, 0.25) is 0 Å². The maximum atomic E-state index is 5.22. The van der Waals surface area contributed by atoms with Crippen LogP contribution >= 0.6 is 12.4 Å². The monoisotopic (exact) mass is 285 g/mol. The average molecular weight is 286 g/mol. The van der Waals surface area contributed by atoms with Crippen LogP contribution < -0.4 is 5.32 Å². The second-order valence-electron chi connectivity index (χ2n) is 4.68. The maximum absolute atomic E-state index is 5.22. The van der Waals surface area contributed by atoms with Gasteiger partial charge in [0, 0.05) is 24.7 Å². The number of nitrogens with zero attached hydrogens (tertiary/aromatic N) is 4. The van der Waals surface area contributed by atoms with Gasteiger partial charge in [-0.25, -0.2) is 0 Å². The van der Waals surface area contributed by atoms with Gasteiger partial charge in [0.05, 0.1) is 0 Å². The predicted octanol–water partition coefficient (Wildman–Crippen LogP) is 2.09. The third-order valence-electron chi connectivity index (χ3n) is 2.81. The Hall–Kier alpha value is -1.40. The zero-order valence-electron chi connectivity index (χ0n) is 11.6. The van der Waals surface area contributed by atoms with Gasteiger partial charge in [0.15, 0.2) is 11.5 Å². The molecule has 0 bridgehead atoms. The Morgan fingerprint density at radius 2 is 2.11 bits per heavy atom. The third kappa shape index (κ3) is 3.78. The van der Waals surface area contributed by atoms with Gasteiger partial charge in [0.25, 0.3) is 5.89 Å². The predicted molar refractivity (Wildman–Crippen MR) is 75.4 cm³/mol. The van der Waals surface area contributed by atoms with Crippen molar-refractivity contribution in [3.63, 3.8) is 0 Å². The lowest BCUT2D eigenvalue weighted by Gasteiger charge is -2.04. The molecule has 19 heavy (non-hydrogen) atoms. The van der Waals surface area contributed by atoms with Gasteiger partial charge in [-0.05, 0) is 33.9 Å². The minimum absolute atomic E-state index is 0. The number of likely N-dealkylation sites (N-methyl/N-ethyl adjacent to an activating group) is 1. The lowest BCUT2D eigenvalue weighted by Crippen LogP contribution is -2.24. The summed E-state index contributed by atoms with van der Waals surface area (Å²) in [4.78, 5) is 4.35. The van der Waals surface area contributed by atoms with Crippen LogP contribution in [0.15, 0.2) is 16.8 Å². The van der Waals surface area contributed by atoms with Gasteiger partial charge in [-0.1, -0.05) is 5.16 Å². The summed E-state index contributed by atoms with van der Waals surface area (Å²) >= 11 is 0. The number of hydrogen-bond donors (Lipinski definition) is 1. The summed E-state index contributed by atoms with van der Waals surface area (Å²) in [7, 11) is 1.91. The zero-order chi connectivity index (χ0) is 13.1. The highest BCUT2D eigenvalue weighted by atomic mass is 35.5. The molecule has 0 saturated carbocycles. The Bertz CT molecular complexity index is 508. The number of nitrogens with one attached hydrogen (secondary N) is 1. The van der Waals surface area contributed by atoms with Crippen molar-refractivity contribution in [3.05, 3.63) is 18.1 Å². The zero-order valence-corrected chi connectivity index (χ0v) is 12.4. The first kappa shape index (κ1) is 15.7. The maximum Gasteiger partial charge on any atom is 0.278 e. The lowest BCUT2D eigenvalue weighted by atomic mass is 10.2. The summed E-state index contributed by atoms with van der Waals surface area (Å²) in [6, 6.07) is 2.54. The van der Waals surface area contributed by atoms with Gasteiger partial charge < -0.3 is 9.84 Å². The molecule has 0 saturated heterocycles. The molecule has 0 amide bonds. The summed E-state index contributed by atoms with van der Waals surface area (Å²) in [5.74, 6) is 1.18. The van der Waals surface area contributed by atoms with Gasteiger partial charge in [-0.15, -0.1) is 12.4 Å². The van der Waals surface area contributed by atoms with Gasteiger partial charge in [-0.2, -0.15) is 10.1 Å². The smallest absolute Gasteiger partial charge is 0.278 e. The molecule has 1 unspecified atom stereocenters. The topological polar surface area (TPSA) is 68.8 Å². The molecule has 1 atom stereocenters. The van der Waals surface area contributed by atoms with E-state index in [0.29, 0.717) is 23.8 Å². The molecule has 106 valence electrons. The number of halogens is 1. The minimum Gasteiger partial charge on any atom is -0.332 e. The Morgan fingerprint density at radius 1 is 1.37 bits per heavy atom. The van der Waals surface area contributed by atoms with Gasteiger partial charge in [0.1, 0.15) is 0 Å². The summed E-state index contributed by atoms with van der Waals surface area (Å²) in [5.41, 5.74) is 0.722. The standard InChI is InChI=1S/C12H19N5O.ClH/c1-8(2)17-6-5-10(15-17)12-14-11(16-18-12)7-9(3)13-4;/h5-6,8-9,13H,7H2,1-4H3;1H. The van der Waals surface area contributed by atoms with Crippen molar-refractivity contribution < 1.29 is 4.52 Å². The second kappa shape index (κ2) is 6.68. The van der Waals surface area contributed by atoms with Gasteiger partial charge >= 0.3 is 0 Å². The van der Waals surface area contributed by atoms with E-state index in [1.807, 2.05) is 24.0 Å². The first-order chi connectivity index (χ1) is 8.60. The van der Waals surface area contributed by atoms with E-state index < -0.39 is 0 Å². The largest absolute Gasteiger partial charge is 0.332 e. The van der Waals surface area contributed by atoms with Crippen LogP contribution in [0.3, 0.4) is 0 Å². The van der Waals surface area contributed by atoms with E-state index in [2.05, 4.69) is 41.3 Å². The lowest BCUT2D eigenvalue weighted by molar-refractivity contribution is 0.415. The van der Waals surface area contributed by atoms with Crippen molar-refractivity contribution in [2.45, 2.75) is 39.3 Å². The summed E-state index contributed by atoms with van der Waals surface area (Å²) in [6.07, 6.45) is 2.66. The van der Waals surface area contributed by atoms with Gasteiger partial charge in [-0.3, -0.25) is 4.68 Å². The van der Waals surface area contributed by atoms with Crippen LogP contribution in [-0.4, -0.2) is 33.0 Å². The highest BCUT2D eigenvalue weighted by molar-refractivity contribution is 5.85. The van der Waals surface area contributed by atoms with Crippen LogP contribution in [0.5, 0.6) is 0 Å². The van der Waals surface area contributed by atoms with Crippen molar-refractivity contribution in [2.75, 3.05) is 7.05 Å². The molecule has 2 aromatic rings. The molecule has 7 heteroatoms. The molecule has 6 nitrogen and oxygen atoms in total. The molecular formula is C12H20ClN5O. The Morgan fingerprint density at radius 3 is 2.68 bits per heavy atom. The fourth-order valence-corrected chi connectivity index (χ4v) is 1.56. The molecule has 1 N–H and O–H groups in total. The van der Waals surface area contributed by atoms with Crippen LogP contribution in [-0.2, 0) is 6.42 Å². The van der Waals surface area contributed by atoms with Crippen molar-refractivity contribution in [1.29, 1.82) is 0 Å². The molecule has 0 radical (unpaired) electrons. The van der Waals surface area contributed by atoms with E-state index in [4.69, 9.17) is 4.52 Å². The van der Waals surface area contributed by atoms with E-state index in [0.717, 1.165) is 12.1 Å². The van der Waals surface area contributed by atoms with Crippen LogP contribution in [0.1, 0.15) is 32.6 Å². The van der Waals surface area contributed by atoms with E-state index >= 15 is 0 Å². The molecule has 0 spiro atoms. The molecule has 2 rings (SSSR count). The fraction of sp³-hybridized carbons (Fsp3) is 0.583. The quantitative estimate of drug-likeness (QED) is 0.911. The Balaban J connectivity index is 0.00000180. The minimum atomic E-state index is 0. The molecule has 0 fully saturated rings. The molecule has 2 heterocycles. The van der Waals surface area contributed by atoms with Crippen molar-refractivity contribution in [2.24, 2.45) is 0 Å². The van der Waals surface area contributed by atoms with E-state index in [1.165, 1.54) is 0 Å². The molecule has 0 aromatic carbocycles. The SMILES string of the molecule is CNC(C)Cc1noc(-c2ccn(C(C)C)n2)n1.Cl. The molecule has 0 aliphatic carbocycles. The second-order valence-corrected chi connectivity index (χ2v) is 4.68. The summed E-state index contributed by atoms with van der Waals surface area (Å²) < 4.78 is 7.09. The summed E-state index contributed by atoms with van der Waals surface area (Å²) in [5, 5.41) is 11.5. The fourth-order valence-electron chi connectivity index (χ4n) is 1.56.